The molecule has 34 heavy (non-hydrogen) atoms. The van der Waals surface area contributed by atoms with Gasteiger partial charge in [0, 0.05) is 47.2 Å². The average molecular weight is 471 g/mol. The first-order valence-electron chi connectivity index (χ1n) is 12.2. The molecule has 3 aromatic carbocycles. The molecular formula is C30H31ClN2O. The lowest BCUT2D eigenvalue weighted by Gasteiger charge is -2.51. The van der Waals surface area contributed by atoms with Crippen molar-refractivity contribution in [3.05, 3.63) is 100 Å². The third kappa shape index (κ3) is 3.54. The zero-order valence-corrected chi connectivity index (χ0v) is 20.7. The Morgan fingerprint density at radius 2 is 1.88 bits per heavy atom. The quantitative estimate of drug-likeness (QED) is 0.343. The Bertz CT molecular complexity index is 1340. The van der Waals surface area contributed by atoms with Crippen LogP contribution in [0.1, 0.15) is 28.8 Å². The summed E-state index contributed by atoms with van der Waals surface area (Å²) in [6, 6.07) is 26.1. The maximum Gasteiger partial charge on any atom is 0.119 e. The second kappa shape index (κ2) is 8.48. The average Bonchev–Trinajstić information content (AvgIpc) is 3.13. The molecule has 0 saturated carbocycles. The number of ether oxygens (including phenoxy) is 1. The van der Waals surface area contributed by atoms with Gasteiger partial charge in [-0.25, -0.2) is 0 Å². The Labute approximate surface area is 206 Å². The Hall–Kier alpha value is -2.75. The largest absolute Gasteiger partial charge is 0.497 e. The van der Waals surface area contributed by atoms with Crippen molar-refractivity contribution >= 4 is 22.5 Å². The van der Waals surface area contributed by atoms with Crippen LogP contribution in [0.15, 0.2) is 72.8 Å². The first-order valence-corrected chi connectivity index (χ1v) is 12.6. The van der Waals surface area contributed by atoms with E-state index in [-0.39, 0.29) is 5.41 Å². The van der Waals surface area contributed by atoms with Gasteiger partial charge in [0.25, 0.3) is 0 Å². The number of fused-ring (bicyclic) bond motifs is 4. The van der Waals surface area contributed by atoms with Crippen LogP contribution in [-0.2, 0) is 31.8 Å². The molecule has 1 aliphatic carbocycles. The second-order valence-corrected chi connectivity index (χ2v) is 10.5. The van der Waals surface area contributed by atoms with E-state index in [1.54, 1.807) is 7.11 Å². The summed E-state index contributed by atoms with van der Waals surface area (Å²) in [5.74, 6) is 1.49. The third-order valence-corrected chi connectivity index (χ3v) is 8.59. The van der Waals surface area contributed by atoms with Gasteiger partial charge in [0.15, 0.2) is 0 Å². The van der Waals surface area contributed by atoms with Crippen molar-refractivity contribution in [2.45, 2.75) is 31.2 Å². The van der Waals surface area contributed by atoms with Gasteiger partial charge in [-0.15, -0.1) is 0 Å². The first kappa shape index (κ1) is 21.8. The van der Waals surface area contributed by atoms with Gasteiger partial charge in [0.2, 0.25) is 0 Å². The van der Waals surface area contributed by atoms with Crippen molar-refractivity contribution in [3.63, 3.8) is 0 Å². The van der Waals surface area contributed by atoms with Gasteiger partial charge in [-0.05, 0) is 78.7 Å². The number of hydrogen-bond acceptors (Lipinski definition) is 2. The standard InChI is InChI=1S/C30H31ClN2O/c1-32-28-12-11-24(31)17-27(28)26-16-23-20-33(19-21-7-4-3-5-8-21)14-13-30(23,18-29(26)32)22-9-6-10-25(15-22)34-2/h3-12,15,17,23H,13-14,16,18-20H2,1-2H3/t23?,30-/m0/s1. The van der Waals surface area contributed by atoms with E-state index >= 15 is 0 Å². The minimum absolute atomic E-state index is 0.112. The lowest BCUT2D eigenvalue weighted by Crippen LogP contribution is -2.53. The molecule has 0 amide bonds. The lowest BCUT2D eigenvalue weighted by atomic mass is 9.58. The summed E-state index contributed by atoms with van der Waals surface area (Å²) in [5.41, 5.74) is 7.17. The number of rotatable bonds is 4. The number of methoxy groups -OCH3 is 1. The second-order valence-electron chi connectivity index (χ2n) is 10.1. The number of piperidine rings is 1. The highest BCUT2D eigenvalue weighted by atomic mass is 35.5. The molecule has 1 saturated heterocycles. The highest BCUT2D eigenvalue weighted by molar-refractivity contribution is 6.31. The van der Waals surface area contributed by atoms with Crippen molar-refractivity contribution in [3.8, 4) is 5.75 Å². The zero-order chi connectivity index (χ0) is 23.3. The Kier molecular flexibility index (Phi) is 5.43. The molecule has 1 fully saturated rings. The zero-order valence-electron chi connectivity index (χ0n) is 19.9. The molecule has 4 heteroatoms. The van der Waals surface area contributed by atoms with Crippen LogP contribution in [0.5, 0.6) is 5.75 Å². The Morgan fingerprint density at radius 1 is 1.03 bits per heavy atom. The molecule has 0 spiro atoms. The van der Waals surface area contributed by atoms with Gasteiger partial charge in [0.05, 0.1) is 7.11 Å². The van der Waals surface area contributed by atoms with Crippen molar-refractivity contribution in [1.29, 1.82) is 0 Å². The number of aromatic nitrogens is 1. The van der Waals surface area contributed by atoms with Crippen LogP contribution in [-0.4, -0.2) is 29.7 Å². The molecule has 174 valence electrons. The fraction of sp³-hybridized carbons (Fsp3) is 0.333. The molecule has 3 nitrogen and oxygen atoms in total. The summed E-state index contributed by atoms with van der Waals surface area (Å²) < 4.78 is 8.06. The molecule has 0 N–H and O–H groups in total. The Balaban J connectivity index is 1.44. The molecule has 0 bridgehead atoms. The molecule has 2 aliphatic rings. The summed E-state index contributed by atoms with van der Waals surface area (Å²) in [6.45, 7) is 3.22. The van der Waals surface area contributed by atoms with E-state index in [0.717, 1.165) is 49.7 Å². The topological polar surface area (TPSA) is 17.4 Å². The van der Waals surface area contributed by atoms with E-state index in [1.807, 2.05) is 6.07 Å². The van der Waals surface area contributed by atoms with Crippen LogP contribution in [0.25, 0.3) is 10.9 Å². The predicted molar refractivity (Wildman–Crippen MR) is 140 cm³/mol. The maximum absolute atomic E-state index is 6.45. The van der Waals surface area contributed by atoms with E-state index in [2.05, 4.69) is 83.2 Å². The van der Waals surface area contributed by atoms with Crippen molar-refractivity contribution in [2.75, 3.05) is 20.2 Å². The van der Waals surface area contributed by atoms with Crippen LogP contribution < -0.4 is 4.74 Å². The summed E-state index contributed by atoms with van der Waals surface area (Å²) in [7, 11) is 3.99. The summed E-state index contributed by atoms with van der Waals surface area (Å²) in [6.07, 6.45) is 3.29. The van der Waals surface area contributed by atoms with Crippen LogP contribution in [0, 0.1) is 5.92 Å². The maximum atomic E-state index is 6.45. The number of halogens is 1. The van der Waals surface area contributed by atoms with Crippen LogP contribution in [0.3, 0.4) is 0 Å². The van der Waals surface area contributed by atoms with E-state index in [1.165, 1.54) is 33.3 Å². The van der Waals surface area contributed by atoms with Gasteiger partial charge in [-0.3, -0.25) is 4.90 Å². The number of nitrogens with zero attached hydrogens (tertiary/aromatic N) is 2. The highest BCUT2D eigenvalue weighted by Gasteiger charge is 2.48. The molecule has 4 aromatic rings. The highest BCUT2D eigenvalue weighted by Crippen LogP contribution is 2.50. The van der Waals surface area contributed by atoms with E-state index in [0.29, 0.717) is 5.92 Å². The molecular weight excluding hydrogens is 440 g/mol. The van der Waals surface area contributed by atoms with E-state index in [4.69, 9.17) is 16.3 Å². The SMILES string of the molecule is COc1cccc([C@@]23CCN(Cc4ccccc4)CC2Cc2c(n(C)c4ccc(Cl)cc24)C3)c1. The minimum Gasteiger partial charge on any atom is -0.497 e. The molecule has 2 heterocycles. The lowest BCUT2D eigenvalue weighted by molar-refractivity contribution is 0.0758. The first-order chi connectivity index (χ1) is 16.6. The van der Waals surface area contributed by atoms with Crippen LogP contribution in [0.2, 0.25) is 5.02 Å². The number of benzene rings is 3. The van der Waals surface area contributed by atoms with E-state index in [9.17, 15) is 0 Å². The number of aryl methyl sites for hydroxylation is 1. The Morgan fingerprint density at radius 3 is 2.71 bits per heavy atom. The molecule has 6 rings (SSSR count). The molecule has 1 aromatic heterocycles. The van der Waals surface area contributed by atoms with Gasteiger partial charge in [0.1, 0.15) is 5.75 Å². The van der Waals surface area contributed by atoms with Crippen molar-refractivity contribution < 1.29 is 4.74 Å². The van der Waals surface area contributed by atoms with Crippen LogP contribution in [0.4, 0.5) is 0 Å². The molecule has 1 unspecified atom stereocenters. The van der Waals surface area contributed by atoms with Gasteiger partial charge >= 0.3 is 0 Å². The normalized spacial score (nSPS) is 22.4. The number of hydrogen-bond donors (Lipinski definition) is 0. The summed E-state index contributed by atoms with van der Waals surface area (Å²) in [4.78, 5) is 2.65. The molecule has 0 radical (unpaired) electrons. The van der Waals surface area contributed by atoms with Gasteiger partial charge in [-0.1, -0.05) is 54.1 Å². The smallest absolute Gasteiger partial charge is 0.119 e. The van der Waals surface area contributed by atoms with Gasteiger partial charge < -0.3 is 9.30 Å². The van der Waals surface area contributed by atoms with Gasteiger partial charge in [-0.2, -0.15) is 0 Å². The fourth-order valence-corrected chi connectivity index (χ4v) is 6.75. The third-order valence-electron chi connectivity index (χ3n) is 8.36. The predicted octanol–water partition coefficient (Wildman–Crippen LogP) is 6.40. The fourth-order valence-electron chi connectivity index (χ4n) is 6.58. The molecule has 2 atom stereocenters. The van der Waals surface area contributed by atoms with Crippen molar-refractivity contribution in [1.82, 2.24) is 9.47 Å². The monoisotopic (exact) mass is 470 g/mol. The number of likely N-dealkylation sites (tertiary alicyclic amines) is 1. The van der Waals surface area contributed by atoms with Crippen LogP contribution >= 0.6 is 11.6 Å². The van der Waals surface area contributed by atoms with Crippen molar-refractivity contribution in [2.24, 2.45) is 13.0 Å². The van der Waals surface area contributed by atoms with E-state index < -0.39 is 0 Å². The molecule has 1 aliphatic heterocycles. The summed E-state index contributed by atoms with van der Waals surface area (Å²) >= 11 is 6.45. The summed E-state index contributed by atoms with van der Waals surface area (Å²) in [5, 5.41) is 2.14. The minimum atomic E-state index is 0.112.